The molecular formula is C14H23IN4. The van der Waals surface area contributed by atoms with Gasteiger partial charge in [0.05, 0.1) is 0 Å². The molecule has 0 saturated carbocycles. The highest BCUT2D eigenvalue weighted by molar-refractivity contribution is 14.0. The number of rotatable bonds is 4. The summed E-state index contributed by atoms with van der Waals surface area (Å²) in [6.45, 7) is 3.74. The van der Waals surface area contributed by atoms with Gasteiger partial charge in [-0.15, -0.1) is 24.0 Å². The third-order valence-corrected chi connectivity index (χ3v) is 2.95. The summed E-state index contributed by atoms with van der Waals surface area (Å²) in [7, 11) is 4.19. The Labute approximate surface area is 132 Å². The van der Waals surface area contributed by atoms with E-state index < -0.39 is 0 Å². The first kappa shape index (κ1) is 16.2. The topological polar surface area (TPSA) is 39.7 Å². The van der Waals surface area contributed by atoms with Crippen molar-refractivity contribution in [2.45, 2.75) is 19.5 Å². The maximum Gasteiger partial charge on any atom is 0.191 e. The second-order valence-electron chi connectivity index (χ2n) is 4.87. The second kappa shape index (κ2) is 8.37. The monoisotopic (exact) mass is 374 g/mol. The van der Waals surface area contributed by atoms with E-state index in [1.54, 1.807) is 0 Å². The molecule has 0 amide bonds. The zero-order chi connectivity index (χ0) is 12.8. The first-order valence-electron chi connectivity index (χ1n) is 6.49. The van der Waals surface area contributed by atoms with Crippen LogP contribution in [-0.4, -0.2) is 38.0 Å². The van der Waals surface area contributed by atoms with Gasteiger partial charge in [-0.1, -0.05) is 24.3 Å². The van der Waals surface area contributed by atoms with Crippen molar-refractivity contribution in [1.29, 1.82) is 0 Å². The molecule has 0 unspecified atom stereocenters. The molecule has 0 fully saturated rings. The number of halogens is 1. The molecule has 1 aliphatic heterocycles. The van der Waals surface area contributed by atoms with E-state index in [4.69, 9.17) is 0 Å². The molecule has 2 rings (SSSR count). The minimum atomic E-state index is 0. The Morgan fingerprint density at radius 3 is 2.63 bits per heavy atom. The molecule has 0 spiro atoms. The average Bonchev–Trinajstić information content (AvgIpc) is 2.38. The van der Waals surface area contributed by atoms with Crippen molar-refractivity contribution in [3.8, 4) is 0 Å². The van der Waals surface area contributed by atoms with Crippen LogP contribution in [0.4, 0.5) is 0 Å². The van der Waals surface area contributed by atoms with Gasteiger partial charge in [0.2, 0.25) is 0 Å². The van der Waals surface area contributed by atoms with E-state index in [1.807, 2.05) is 0 Å². The summed E-state index contributed by atoms with van der Waals surface area (Å²) in [4.78, 5) is 6.61. The fourth-order valence-corrected chi connectivity index (χ4v) is 2.05. The Morgan fingerprint density at radius 2 is 2.00 bits per heavy atom. The van der Waals surface area contributed by atoms with Crippen LogP contribution < -0.4 is 10.6 Å². The summed E-state index contributed by atoms with van der Waals surface area (Å²) in [6, 6.07) is 8.55. The van der Waals surface area contributed by atoms with Crippen LogP contribution in [0.1, 0.15) is 17.5 Å². The van der Waals surface area contributed by atoms with Gasteiger partial charge < -0.3 is 15.5 Å². The van der Waals surface area contributed by atoms with Gasteiger partial charge in [0, 0.05) is 26.2 Å². The quantitative estimate of drug-likeness (QED) is 0.790. The molecule has 0 aliphatic carbocycles. The maximum absolute atomic E-state index is 4.42. The van der Waals surface area contributed by atoms with Gasteiger partial charge in [0.15, 0.2) is 5.96 Å². The predicted molar refractivity (Wildman–Crippen MR) is 91.0 cm³/mol. The van der Waals surface area contributed by atoms with Crippen molar-refractivity contribution in [1.82, 2.24) is 15.5 Å². The fraction of sp³-hybridized carbons (Fsp3) is 0.500. The standard InChI is InChI=1S/C14H22N4.HI/c1-18(2)11-13-7-4-3-6-12(13)10-17-14-15-8-5-9-16-14;/h3-4,6-7H,5,8-11H2,1-2H3,(H2,15,16,17);1H. The van der Waals surface area contributed by atoms with E-state index >= 15 is 0 Å². The summed E-state index contributed by atoms with van der Waals surface area (Å²) < 4.78 is 0. The number of hydrogen-bond acceptors (Lipinski definition) is 4. The van der Waals surface area contributed by atoms with Gasteiger partial charge in [0.1, 0.15) is 0 Å². The van der Waals surface area contributed by atoms with Crippen molar-refractivity contribution < 1.29 is 0 Å². The smallest absolute Gasteiger partial charge is 0.191 e. The first-order valence-corrected chi connectivity index (χ1v) is 6.49. The molecule has 4 nitrogen and oxygen atoms in total. The molecule has 1 aromatic carbocycles. The predicted octanol–water partition coefficient (Wildman–Crippen LogP) is 1.81. The molecule has 2 N–H and O–H groups in total. The van der Waals surface area contributed by atoms with Gasteiger partial charge in [-0.3, -0.25) is 4.99 Å². The molecule has 0 radical (unpaired) electrons. The molecule has 0 saturated heterocycles. The average molecular weight is 374 g/mol. The van der Waals surface area contributed by atoms with Crippen molar-refractivity contribution in [3.05, 3.63) is 35.4 Å². The molecule has 0 aromatic heterocycles. The highest BCUT2D eigenvalue weighted by Gasteiger charge is 2.06. The van der Waals surface area contributed by atoms with Crippen LogP contribution in [0.15, 0.2) is 29.3 Å². The molecular weight excluding hydrogens is 351 g/mol. The highest BCUT2D eigenvalue weighted by atomic mass is 127. The fourth-order valence-electron chi connectivity index (χ4n) is 2.05. The summed E-state index contributed by atoms with van der Waals surface area (Å²) >= 11 is 0. The van der Waals surface area contributed by atoms with Crippen molar-refractivity contribution in [2.75, 3.05) is 27.2 Å². The summed E-state index contributed by atoms with van der Waals surface area (Å²) in [6.07, 6.45) is 1.13. The lowest BCUT2D eigenvalue weighted by atomic mass is 10.1. The highest BCUT2D eigenvalue weighted by Crippen LogP contribution is 2.10. The van der Waals surface area contributed by atoms with Gasteiger partial charge >= 0.3 is 0 Å². The van der Waals surface area contributed by atoms with E-state index in [1.165, 1.54) is 11.1 Å². The zero-order valence-corrected chi connectivity index (χ0v) is 14.0. The van der Waals surface area contributed by atoms with Crippen molar-refractivity contribution in [3.63, 3.8) is 0 Å². The molecule has 0 atom stereocenters. The summed E-state index contributed by atoms with van der Waals surface area (Å²) in [5.74, 6) is 0.931. The molecule has 0 bridgehead atoms. The lowest BCUT2D eigenvalue weighted by Gasteiger charge is -2.18. The molecule has 1 aromatic rings. The minimum Gasteiger partial charge on any atom is -0.356 e. The van der Waals surface area contributed by atoms with E-state index in [2.05, 4.69) is 58.9 Å². The lowest BCUT2D eigenvalue weighted by Crippen LogP contribution is -2.40. The summed E-state index contributed by atoms with van der Waals surface area (Å²) in [5, 5.41) is 6.65. The van der Waals surface area contributed by atoms with Crippen LogP contribution in [-0.2, 0) is 13.1 Å². The molecule has 5 heteroatoms. The first-order chi connectivity index (χ1) is 8.75. The van der Waals surface area contributed by atoms with Gasteiger partial charge in [-0.25, -0.2) is 0 Å². The molecule has 1 heterocycles. The number of nitrogens with zero attached hydrogens (tertiary/aromatic N) is 2. The van der Waals surface area contributed by atoms with Crippen LogP contribution in [0.5, 0.6) is 0 Å². The number of benzene rings is 1. The van der Waals surface area contributed by atoms with Crippen LogP contribution in [0.25, 0.3) is 0 Å². The van der Waals surface area contributed by atoms with Crippen LogP contribution >= 0.6 is 24.0 Å². The number of aliphatic imine (C=N–C) groups is 1. The van der Waals surface area contributed by atoms with Gasteiger partial charge in [-0.2, -0.15) is 0 Å². The molecule has 1 aliphatic rings. The third-order valence-electron chi connectivity index (χ3n) is 2.95. The van der Waals surface area contributed by atoms with Crippen molar-refractivity contribution >= 4 is 29.9 Å². The van der Waals surface area contributed by atoms with E-state index in [9.17, 15) is 0 Å². The number of nitrogens with one attached hydrogen (secondary N) is 2. The SMILES string of the molecule is CN(C)Cc1ccccc1CNC1=NCCCN1.I. The molecule has 19 heavy (non-hydrogen) atoms. The third kappa shape index (κ3) is 5.36. The second-order valence-corrected chi connectivity index (χ2v) is 4.87. The van der Waals surface area contributed by atoms with Crippen LogP contribution in [0, 0.1) is 0 Å². The number of hydrogen-bond donors (Lipinski definition) is 2. The van der Waals surface area contributed by atoms with E-state index in [-0.39, 0.29) is 24.0 Å². The van der Waals surface area contributed by atoms with E-state index in [0.717, 1.165) is 38.6 Å². The number of guanidine groups is 1. The summed E-state index contributed by atoms with van der Waals surface area (Å²) in [5.41, 5.74) is 2.70. The van der Waals surface area contributed by atoms with Crippen molar-refractivity contribution in [2.24, 2.45) is 4.99 Å². The van der Waals surface area contributed by atoms with E-state index in [0.29, 0.717) is 0 Å². The zero-order valence-electron chi connectivity index (χ0n) is 11.6. The Bertz CT molecular complexity index is 418. The minimum absolute atomic E-state index is 0. The Balaban J connectivity index is 0.00000180. The Morgan fingerprint density at radius 1 is 1.26 bits per heavy atom. The normalized spacial score (nSPS) is 14.4. The van der Waals surface area contributed by atoms with Crippen LogP contribution in [0.2, 0.25) is 0 Å². The lowest BCUT2D eigenvalue weighted by molar-refractivity contribution is 0.400. The Hall–Kier alpha value is -0.820. The maximum atomic E-state index is 4.42. The van der Waals surface area contributed by atoms with Gasteiger partial charge in [0.25, 0.3) is 0 Å². The largest absolute Gasteiger partial charge is 0.356 e. The van der Waals surface area contributed by atoms with Gasteiger partial charge in [-0.05, 0) is 31.6 Å². The Kier molecular flexibility index (Phi) is 7.15. The molecule has 106 valence electrons. The van der Waals surface area contributed by atoms with Crippen LogP contribution in [0.3, 0.4) is 0 Å².